The van der Waals surface area contributed by atoms with Crippen LogP contribution in [0.3, 0.4) is 0 Å². The van der Waals surface area contributed by atoms with E-state index in [0.29, 0.717) is 37.6 Å². The molecule has 1 aromatic carbocycles. The number of anilines is 1. The predicted molar refractivity (Wildman–Crippen MR) is 93.2 cm³/mol. The van der Waals surface area contributed by atoms with Gasteiger partial charge in [-0.25, -0.2) is 13.5 Å². The van der Waals surface area contributed by atoms with Crippen LogP contribution < -0.4 is 10.9 Å². The largest absolute Gasteiger partial charge is 0.379 e. The Morgan fingerprint density at radius 3 is 2.76 bits per heavy atom. The highest BCUT2D eigenvalue weighted by atomic mass is 35.5. The minimum absolute atomic E-state index is 0.0245. The molecule has 2 aromatic rings. The average molecular weight is 385 g/mol. The van der Waals surface area contributed by atoms with Crippen molar-refractivity contribution in [3.05, 3.63) is 51.4 Å². The molecular weight excluding hydrogens is 368 g/mol. The highest BCUT2D eigenvalue weighted by Gasteiger charge is 2.28. The van der Waals surface area contributed by atoms with E-state index in [9.17, 15) is 13.2 Å². The maximum atomic E-state index is 12.9. The SMILES string of the molecule is O=c1[nH]ncc(NCc2ccccc2S(=O)(=O)N2CCOCC2)c1Cl. The lowest BCUT2D eigenvalue weighted by molar-refractivity contribution is 0.0730. The fourth-order valence-corrected chi connectivity index (χ4v) is 4.31. The van der Waals surface area contributed by atoms with Crippen LogP contribution in [0.4, 0.5) is 5.69 Å². The molecule has 0 saturated carbocycles. The van der Waals surface area contributed by atoms with Crippen molar-refractivity contribution in [1.82, 2.24) is 14.5 Å². The third-order valence-corrected chi connectivity index (χ3v) is 6.20. The van der Waals surface area contributed by atoms with Gasteiger partial charge >= 0.3 is 0 Å². The monoisotopic (exact) mass is 384 g/mol. The molecule has 1 aromatic heterocycles. The van der Waals surface area contributed by atoms with Crippen LogP contribution in [0.1, 0.15) is 5.56 Å². The number of hydrogen-bond acceptors (Lipinski definition) is 6. The van der Waals surface area contributed by atoms with E-state index in [4.69, 9.17) is 16.3 Å². The van der Waals surface area contributed by atoms with E-state index in [0.717, 1.165) is 0 Å². The fourth-order valence-electron chi connectivity index (χ4n) is 2.52. The van der Waals surface area contributed by atoms with Crippen molar-refractivity contribution in [3.63, 3.8) is 0 Å². The molecule has 10 heteroatoms. The summed E-state index contributed by atoms with van der Waals surface area (Å²) in [6.45, 7) is 1.61. The second-order valence-corrected chi connectivity index (χ2v) is 7.69. The third-order valence-electron chi connectivity index (χ3n) is 3.83. The number of hydrogen-bond donors (Lipinski definition) is 2. The van der Waals surface area contributed by atoms with Crippen LogP contribution >= 0.6 is 11.6 Å². The number of aromatic amines is 1. The summed E-state index contributed by atoms with van der Waals surface area (Å²) in [6.07, 6.45) is 1.38. The zero-order valence-corrected chi connectivity index (χ0v) is 14.8. The van der Waals surface area contributed by atoms with Gasteiger partial charge in [0.05, 0.1) is 30.0 Å². The first-order chi connectivity index (χ1) is 12.0. The number of nitrogens with one attached hydrogen (secondary N) is 2. The maximum Gasteiger partial charge on any atom is 0.285 e. The molecule has 1 aliphatic rings. The molecule has 0 atom stereocenters. The predicted octanol–water partition coefficient (Wildman–Crippen LogP) is 1.06. The highest BCUT2D eigenvalue weighted by Crippen LogP contribution is 2.23. The van der Waals surface area contributed by atoms with E-state index < -0.39 is 15.6 Å². The summed E-state index contributed by atoms with van der Waals surface area (Å²) < 4.78 is 32.4. The van der Waals surface area contributed by atoms with Gasteiger partial charge in [0, 0.05) is 19.6 Å². The lowest BCUT2D eigenvalue weighted by atomic mass is 10.2. The van der Waals surface area contributed by atoms with Gasteiger partial charge < -0.3 is 10.1 Å². The molecule has 0 radical (unpaired) electrons. The van der Waals surface area contributed by atoms with Crippen LogP contribution in [0.5, 0.6) is 0 Å². The lowest BCUT2D eigenvalue weighted by Crippen LogP contribution is -2.41. The summed E-state index contributed by atoms with van der Waals surface area (Å²) in [5, 5.41) is 8.84. The molecule has 0 spiro atoms. The van der Waals surface area contributed by atoms with Crippen molar-refractivity contribution < 1.29 is 13.2 Å². The summed E-state index contributed by atoms with van der Waals surface area (Å²) in [7, 11) is -3.62. The summed E-state index contributed by atoms with van der Waals surface area (Å²) in [5.74, 6) is 0. The Kier molecular flexibility index (Phi) is 5.38. The average Bonchev–Trinajstić information content (AvgIpc) is 2.64. The molecule has 8 nitrogen and oxygen atoms in total. The van der Waals surface area contributed by atoms with Crippen LogP contribution in [-0.2, 0) is 21.3 Å². The zero-order chi connectivity index (χ0) is 17.9. The molecule has 2 N–H and O–H groups in total. The molecule has 1 aliphatic heterocycles. The first kappa shape index (κ1) is 17.9. The van der Waals surface area contributed by atoms with E-state index in [1.165, 1.54) is 10.5 Å². The Morgan fingerprint density at radius 2 is 2.00 bits per heavy atom. The Morgan fingerprint density at radius 1 is 1.28 bits per heavy atom. The second kappa shape index (κ2) is 7.52. The van der Waals surface area contributed by atoms with Gasteiger partial charge in [-0.3, -0.25) is 4.79 Å². The third kappa shape index (κ3) is 3.84. The van der Waals surface area contributed by atoms with Crippen LogP contribution in [0.15, 0.2) is 40.2 Å². The number of aromatic nitrogens is 2. The van der Waals surface area contributed by atoms with Crippen LogP contribution in [0.25, 0.3) is 0 Å². The molecule has 0 unspecified atom stereocenters. The van der Waals surface area contributed by atoms with Gasteiger partial charge in [-0.2, -0.15) is 9.40 Å². The molecule has 0 aliphatic carbocycles. The van der Waals surface area contributed by atoms with Crippen molar-refractivity contribution in [2.75, 3.05) is 31.6 Å². The fraction of sp³-hybridized carbons (Fsp3) is 0.333. The Balaban J connectivity index is 1.86. The van der Waals surface area contributed by atoms with Crippen LogP contribution in [-0.4, -0.2) is 49.2 Å². The normalized spacial score (nSPS) is 15.9. The molecule has 0 bridgehead atoms. The van der Waals surface area contributed by atoms with Crippen molar-refractivity contribution in [2.45, 2.75) is 11.4 Å². The number of ether oxygens (including phenoxy) is 1. The smallest absolute Gasteiger partial charge is 0.285 e. The van der Waals surface area contributed by atoms with Crippen molar-refractivity contribution in [3.8, 4) is 0 Å². The molecule has 3 rings (SSSR count). The van der Waals surface area contributed by atoms with Gasteiger partial charge in [0.15, 0.2) is 0 Å². The second-order valence-electron chi connectivity index (χ2n) is 5.40. The van der Waals surface area contributed by atoms with Gasteiger partial charge in [0.1, 0.15) is 5.02 Å². The number of halogens is 1. The molecule has 2 heterocycles. The highest BCUT2D eigenvalue weighted by molar-refractivity contribution is 7.89. The first-order valence-electron chi connectivity index (χ1n) is 7.63. The van der Waals surface area contributed by atoms with Crippen molar-refractivity contribution in [1.29, 1.82) is 0 Å². The first-order valence-corrected chi connectivity index (χ1v) is 9.45. The Hall–Kier alpha value is -1.94. The van der Waals surface area contributed by atoms with Crippen LogP contribution in [0, 0.1) is 0 Å². The van der Waals surface area contributed by atoms with Gasteiger partial charge in [0.2, 0.25) is 10.0 Å². The zero-order valence-electron chi connectivity index (χ0n) is 13.2. The van der Waals surface area contributed by atoms with E-state index in [2.05, 4.69) is 15.5 Å². The Labute approximate surface area is 149 Å². The molecule has 1 fully saturated rings. The number of morpholine rings is 1. The minimum Gasteiger partial charge on any atom is -0.379 e. The number of nitrogens with zero attached hydrogens (tertiary/aromatic N) is 2. The maximum absolute atomic E-state index is 12.9. The van der Waals surface area contributed by atoms with Crippen molar-refractivity contribution >= 4 is 27.3 Å². The number of sulfonamides is 1. The quantitative estimate of drug-likeness (QED) is 0.798. The van der Waals surface area contributed by atoms with Crippen LogP contribution in [0.2, 0.25) is 5.02 Å². The number of rotatable bonds is 5. The molecule has 134 valence electrons. The van der Waals surface area contributed by atoms with E-state index >= 15 is 0 Å². The van der Waals surface area contributed by atoms with Gasteiger partial charge in [-0.15, -0.1) is 0 Å². The van der Waals surface area contributed by atoms with Gasteiger partial charge in [-0.1, -0.05) is 29.8 Å². The summed E-state index contributed by atoms with van der Waals surface area (Å²) in [6, 6.07) is 6.72. The van der Waals surface area contributed by atoms with E-state index in [1.54, 1.807) is 24.3 Å². The summed E-state index contributed by atoms with van der Waals surface area (Å²) in [5.41, 5.74) is 0.398. The number of benzene rings is 1. The van der Waals surface area contributed by atoms with Gasteiger partial charge in [-0.05, 0) is 11.6 Å². The molecule has 25 heavy (non-hydrogen) atoms. The molecular formula is C15H17ClN4O4S. The standard InChI is InChI=1S/C15H17ClN4O4S/c16-14-12(10-18-19-15(14)21)17-9-11-3-1-2-4-13(11)25(22,23)20-5-7-24-8-6-20/h1-4,10H,5-9H2,(H2,17,19,21). The van der Waals surface area contributed by atoms with E-state index in [1.807, 2.05) is 0 Å². The number of H-pyrrole nitrogens is 1. The minimum atomic E-state index is -3.62. The Bertz CT molecular complexity index is 910. The summed E-state index contributed by atoms with van der Waals surface area (Å²) >= 11 is 5.92. The lowest BCUT2D eigenvalue weighted by Gasteiger charge is -2.27. The topological polar surface area (TPSA) is 104 Å². The summed E-state index contributed by atoms with van der Waals surface area (Å²) in [4.78, 5) is 11.7. The van der Waals surface area contributed by atoms with Crippen molar-refractivity contribution in [2.24, 2.45) is 0 Å². The van der Waals surface area contributed by atoms with Gasteiger partial charge in [0.25, 0.3) is 5.56 Å². The molecule has 0 amide bonds. The molecule has 1 saturated heterocycles. The van der Waals surface area contributed by atoms with E-state index in [-0.39, 0.29) is 16.5 Å².